The third-order valence-corrected chi connectivity index (χ3v) is 3.94. The van der Waals surface area contributed by atoms with Crippen molar-refractivity contribution in [3.8, 4) is 11.3 Å². The van der Waals surface area contributed by atoms with Crippen molar-refractivity contribution in [2.75, 3.05) is 0 Å². The van der Waals surface area contributed by atoms with Crippen molar-refractivity contribution < 1.29 is 4.92 Å². The van der Waals surface area contributed by atoms with E-state index < -0.39 is 0 Å². The Morgan fingerprint density at radius 3 is 2.48 bits per heavy atom. The molecule has 0 spiro atoms. The lowest BCUT2D eigenvalue weighted by Gasteiger charge is -2.18. The molecule has 2 rings (SSSR count). The van der Waals surface area contributed by atoms with Crippen LogP contribution in [0.5, 0.6) is 0 Å². The minimum atomic E-state index is -0.283. The summed E-state index contributed by atoms with van der Waals surface area (Å²) in [7, 11) is 0. The van der Waals surface area contributed by atoms with E-state index in [4.69, 9.17) is 0 Å². The zero-order valence-electron chi connectivity index (χ0n) is 12.7. The van der Waals surface area contributed by atoms with Gasteiger partial charge in [0.1, 0.15) is 5.69 Å². The highest BCUT2D eigenvalue weighted by Crippen LogP contribution is 2.41. The second kappa shape index (κ2) is 5.64. The van der Waals surface area contributed by atoms with E-state index in [2.05, 4.69) is 20.9 Å². The normalized spacial score (nSPS) is 11.7. The number of aromatic amines is 1. The molecule has 1 heterocycles. The first-order valence-electron chi connectivity index (χ1n) is 6.91. The molecule has 0 aliphatic rings. The Labute approximate surface area is 132 Å². The van der Waals surface area contributed by atoms with E-state index in [0.29, 0.717) is 5.69 Å². The van der Waals surface area contributed by atoms with Gasteiger partial charge in [-0.25, -0.2) is 0 Å². The van der Waals surface area contributed by atoms with E-state index in [1.165, 1.54) is 0 Å². The lowest BCUT2D eigenvalue weighted by molar-refractivity contribution is -0.385. The number of benzene rings is 1. The summed E-state index contributed by atoms with van der Waals surface area (Å²) in [5.41, 5.74) is 3.05. The van der Waals surface area contributed by atoms with E-state index in [0.717, 1.165) is 27.7 Å². The Hall–Kier alpha value is -1.62. The summed E-state index contributed by atoms with van der Waals surface area (Å²) in [6.07, 6.45) is 0.738. The molecule has 1 aromatic carbocycles. The van der Waals surface area contributed by atoms with Crippen LogP contribution in [0.25, 0.3) is 11.3 Å². The van der Waals surface area contributed by atoms with Gasteiger partial charge in [-0.05, 0) is 24.0 Å². The minimum absolute atomic E-state index is 0.192. The summed E-state index contributed by atoms with van der Waals surface area (Å²) in [5.74, 6) is 0. The molecule has 0 bridgehead atoms. The van der Waals surface area contributed by atoms with Crippen LogP contribution in [0.3, 0.4) is 0 Å². The Kier molecular flexibility index (Phi) is 4.23. The molecule has 4 nitrogen and oxygen atoms in total. The van der Waals surface area contributed by atoms with Gasteiger partial charge < -0.3 is 4.98 Å². The quantitative estimate of drug-likeness (QED) is 0.609. The zero-order valence-corrected chi connectivity index (χ0v) is 14.2. The molecule has 0 unspecified atom stereocenters. The largest absolute Gasteiger partial charge is 0.352 e. The average Bonchev–Trinajstić information content (AvgIpc) is 2.78. The molecule has 21 heavy (non-hydrogen) atoms. The SMILES string of the molecule is CCc1[nH]c(-c2cccc(Br)c2)c([N+](=O)[O-])c1C(C)(C)C. The van der Waals surface area contributed by atoms with Gasteiger partial charge in [0.15, 0.2) is 0 Å². The topological polar surface area (TPSA) is 58.9 Å². The summed E-state index contributed by atoms with van der Waals surface area (Å²) in [4.78, 5) is 14.6. The molecule has 5 heteroatoms. The monoisotopic (exact) mass is 350 g/mol. The highest BCUT2D eigenvalue weighted by Gasteiger charge is 2.34. The fourth-order valence-electron chi connectivity index (χ4n) is 2.65. The molecule has 1 aromatic heterocycles. The van der Waals surface area contributed by atoms with E-state index in [-0.39, 0.29) is 16.0 Å². The van der Waals surface area contributed by atoms with Gasteiger partial charge in [0.2, 0.25) is 0 Å². The molecule has 112 valence electrons. The van der Waals surface area contributed by atoms with Crippen molar-refractivity contribution >= 4 is 21.6 Å². The van der Waals surface area contributed by atoms with E-state index >= 15 is 0 Å². The molecule has 2 aromatic rings. The number of nitrogens with one attached hydrogen (secondary N) is 1. The molecule has 0 amide bonds. The maximum absolute atomic E-state index is 11.7. The maximum atomic E-state index is 11.7. The van der Waals surface area contributed by atoms with Gasteiger partial charge in [-0.2, -0.15) is 0 Å². The fourth-order valence-corrected chi connectivity index (χ4v) is 3.05. The van der Waals surface area contributed by atoms with Crippen molar-refractivity contribution in [2.24, 2.45) is 0 Å². The van der Waals surface area contributed by atoms with Gasteiger partial charge in [0.05, 0.1) is 10.5 Å². The first-order chi connectivity index (χ1) is 9.75. The van der Waals surface area contributed by atoms with Crippen molar-refractivity contribution in [3.63, 3.8) is 0 Å². The lowest BCUT2D eigenvalue weighted by atomic mass is 9.85. The number of nitrogens with zero attached hydrogens (tertiary/aromatic N) is 1. The number of aromatic nitrogens is 1. The summed E-state index contributed by atoms with van der Waals surface area (Å²) < 4.78 is 0.902. The lowest BCUT2D eigenvalue weighted by Crippen LogP contribution is -2.14. The number of nitro groups is 1. The first-order valence-corrected chi connectivity index (χ1v) is 7.70. The van der Waals surface area contributed by atoms with Gasteiger partial charge in [-0.3, -0.25) is 10.1 Å². The summed E-state index contributed by atoms with van der Waals surface area (Å²) in [6.45, 7) is 8.03. The van der Waals surface area contributed by atoms with Gasteiger partial charge >= 0.3 is 0 Å². The second-order valence-electron chi connectivity index (χ2n) is 6.07. The third kappa shape index (κ3) is 3.02. The van der Waals surface area contributed by atoms with E-state index in [1.807, 2.05) is 52.0 Å². The number of hydrogen-bond acceptors (Lipinski definition) is 2. The van der Waals surface area contributed by atoms with E-state index in [9.17, 15) is 10.1 Å². The van der Waals surface area contributed by atoms with Crippen LogP contribution in [0.4, 0.5) is 5.69 Å². The fraction of sp³-hybridized carbons (Fsp3) is 0.375. The Morgan fingerprint density at radius 1 is 1.33 bits per heavy atom. The minimum Gasteiger partial charge on any atom is -0.352 e. The van der Waals surface area contributed by atoms with Crippen LogP contribution in [0, 0.1) is 10.1 Å². The number of aryl methyl sites for hydroxylation is 1. The molecular weight excluding hydrogens is 332 g/mol. The zero-order chi connectivity index (χ0) is 15.8. The predicted octanol–water partition coefficient (Wildman–Crippen LogP) is 5.21. The van der Waals surface area contributed by atoms with Gasteiger partial charge in [-0.15, -0.1) is 0 Å². The van der Waals surface area contributed by atoms with Gasteiger partial charge in [0.25, 0.3) is 5.69 Å². The van der Waals surface area contributed by atoms with E-state index in [1.54, 1.807) is 0 Å². The summed E-state index contributed by atoms with van der Waals surface area (Å²) in [6, 6.07) is 7.57. The van der Waals surface area contributed by atoms with Gasteiger partial charge in [-0.1, -0.05) is 55.8 Å². The molecule has 0 fully saturated rings. The van der Waals surface area contributed by atoms with Crippen LogP contribution < -0.4 is 0 Å². The predicted molar refractivity (Wildman–Crippen MR) is 88.7 cm³/mol. The summed E-state index contributed by atoms with van der Waals surface area (Å²) in [5, 5.41) is 11.7. The molecule has 0 radical (unpaired) electrons. The Balaban J connectivity index is 2.79. The average molecular weight is 351 g/mol. The number of rotatable bonds is 3. The van der Waals surface area contributed by atoms with Crippen molar-refractivity contribution in [3.05, 3.63) is 50.1 Å². The molecule has 0 atom stereocenters. The molecule has 0 saturated carbocycles. The molecular formula is C16H19BrN2O2. The van der Waals surface area contributed by atoms with Crippen LogP contribution in [0.2, 0.25) is 0 Å². The Morgan fingerprint density at radius 2 is 2.00 bits per heavy atom. The van der Waals surface area contributed by atoms with Crippen molar-refractivity contribution in [2.45, 2.75) is 39.5 Å². The van der Waals surface area contributed by atoms with Crippen LogP contribution in [-0.4, -0.2) is 9.91 Å². The van der Waals surface area contributed by atoms with Crippen LogP contribution in [0.1, 0.15) is 39.0 Å². The summed E-state index contributed by atoms with van der Waals surface area (Å²) >= 11 is 3.42. The van der Waals surface area contributed by atoms with Crippen LogP contribution in [-0.2, 0) is 11.8 Å². The van der Waals surface area contributed by atoms with Crippen molar-refractivity contribution in [1.29, 1.82) is 0 Å². The number of halogens is 1. The second-order valence-corrected chi connectivity index (χ2v) is 6.99. The van der Waals surface area contributed by atoms with Gasteiger partial charge in [0, 0.05) is 15.7 Å². The van der Waals surface area contributed by atoms with Crippen LogP contribution >= 0.6 is 15.9 Å². The molecule has 0 aliphatic heterocycles. The number of hydrogen-bond donors (Lipinski definition) is 1. The van der Waals surface area contributed by atoms with Crippen molar-refractivity contribution in [1.82, 2.24) is 4.98 Å². The first kappa shape index (κ1) is 15.8. The number of H-pyrrole nitrogens is 1. The van der Waals surface area contributed by atoms with Crippen LogP contribution in [0.15, 0.2) is 28.7 Å². The highest BCUT2D eigenvalue weighted by molar-refractivity contribution is 9.10. The smallest absolute Gasteiger partial charge is 0.298 e. The Bertz CT molecular complexity index is 684. The maximum Gasteiger partial charge on any atom is 0.298 e. The molecule has 1 N–H and O–H groups in total. The standard InChI is InChI=1S/C16H19BrN2O2/c1-5-12-13(16(2,3)4)15(19(20)21)14(18-12)10-7-6-8-11(17)9-10/h6-9,18H,5H2,1-4H3. The highest BCUT2D eigenvalue weighted by atomic mass is 79.9. The molecule has 0 saturated heterocycles. The molecule has 0 aliphatic carbocycles. The third-order valence-electron chi connectivity index (χ3n) is 3.45.